The van der Waals surface area contributed by atoms with Gasteiger partial charge in [0.25, 0.3) is 0 Å². The van der Waals surface area contributed by atoms with E-state index in [4.69, 9.17) is 14.2 Å². The van der Waals surface area contributed by atoms with Crippen molar-refractivity contribution in [1.82, 2.24) is 0 Å². The van der Waals surface area contributed by atoms with Crippen molar-refractivity contribution < 1.29 is 34.6 Å². The maximum absolute atomic E-state index is 9.80. The Morgan fingerprint density at radius 2 is 0.846 bits per heavy atom. The lowest BCUT2D eigenvalue weighted by atomic mass is 9.76. The van der Waals surface area contributed by atoms with E-state index in [0.29, 0.717) is 19.0 Å². The molecule has 6 aromatic rings. The second-order valence-corrected chi connectivity index (χ2v) is 13.1. The van der Waals surface area contributed by atoms with E-state index in [2.05, 4.69) is 43.3 Å². The van der Waals surface area contributed by atoms with Crippen LogP contribution in [0.3, 0.4) is 0 Å². The third kappa shape index (κ3) is 7.49. The molecule has 7 heteroatoms. The van der Waals surface area contributed by atoms with Crippen LogP contribution in [0.4, 0.5) is 0 Å². The Hall–Kier alpha value is -6.08. The molecule has 0 aliphatic carbocycles. The second-order valence-electron chi connectivity index (χ2n) is 13.1. The fourth-order valence-corrected chi connectivity index (χ4v) is 7.22. The Morgan fingerprint density at radius 1 is 0.481 bits per heavy atom. The highest BCUT2D eigenvalue weighted by Crippen LogP contribution is 2.48. The van der Waals surface area contributed by atoms with Gasteiger partial charge in [0.15, 0.2) is 0 Å². The maximum atomic E-state index is 9.80. The van der Waals surface area contributed by atoms with E-state index in [0.717, 1.165) is 39.3 Å². The Labute approximate surface area is 305 Å². The van der Waals surface area contributed by atoms with Crippen LogP contribution in [0.25, 0.3) is 0 Å². The van der Waals surface area contributed by atoms with Gasteiger partial charge in [-0.05, 0) is 77.7 Å². The molecule has 4 unspecified atom stereocenters. The zero-order valence-corrected chi connectivity index (χ0v) is 28.4. The number of benzene rings is 6. The summed E-state index contributed by atoms with van der Waals surface area (Å²) in [6.07, 6.45) is 0. The molecule has 0 amide bonds. The lowest BCUT2D eigenvalue weighted by Gasteiger charge is -2.34. The third-order valence-corrected chi connectivity index (χ3v) is 9.86. The van der Waals surface area contributed by atoms with Gasteiger partial charge in [-0.2, -0.15) is 0 Å². The molecule has 7 nitrogen and oxygen atoms in total. The number of aryl methyl sites for hydroxylation is 1. The van der Waals surface area contributed by atoms with Crippen LogP contribution in [-0.2, 0) is 0 Å². The standard InChI is InChI=1S/C22H20O4.C22H20O3.CH4/c1-25-18-9-4-15(5-10-18)22-19-11-8-17(24)12-21(19)26-13-20(22)14-2-6-16(23)7-3-14;1-14-2-4-15(5-3-14)20-13-25-21-12-18(24)10-11-19(21)22(20)16-6-8-17(23)9-7-16;/h2-12,20,22-24H,13H2,1H3;2-12,20,22-24H,13H2,1H3;1H4. The predicted octanol–water partition coefficient (Wildman–Crippen LogP) is 9.76. The van der Waals surface area contributed by atoms with Gasteiger partial charge in [0, 0.05) is 46.9 Å². The minimum atomic E-state index is 0. The summed E-state index contributed by atoms with van der Waals surface area (Å²) in [5.74, 6) is 3.60. The van der Waals surface area contributed by atoms with Crippen LogP contribution in [0.15, 0.2) is 133 Å². The SMILES string of the molecule is C.COc1ccc(C2c3ccc(O)cc3OCC2c2ccc(O)cc2)cc1.Cc1ccc(C2COc3cc(O)ccc3C2c2ccc(O)cc2)cc1. The van der Waals surface area contributed by atoms with Crippen molar-refractivity contribution in [2.24, 2.45) is 0 Å². The predicted molar refractivity (Wildman–Crippen MR) is 203 cm³/mol. The number of aromatic hydroxyl groups is 4. The molecule has 0 fully saturated rings. The Balaban J connectivity index is 0.000000175. The fraction of sp³-hybridized carbons (Fsp3) is 0.200. The minimum absolute atomic E-state index is 0. The molecule has 2 aliphatic rings. The number of hydrogen-bond donors (Lipinski definition) is 4. The Morgan fingerprint density at radius 3 is 1.27 bits per heavy atom. The normalized spacial score (nSPS) is 18.5. The van der Waals surface area contributed by atoms with Gasteiger partial charge in [-0.15, -0.1) is 0 Å². The molecule has 2 heterocycles. The number of fused-ring (bicyclic) bond motifs is 2. The molecule has 2 aliphatic heterocycles. The lowest BCUT2D eigenvalue weighted by Crippen LogP contribution is -2.25. The summed E-state index contributed by atoms with van der Waals surface area (Å²) in [6, 6.07) is 41.8. The number of rotatable bonds is 5. The summed E-state index contributed by atoms with van der Waals surface area (Å²) < 4.78 is 17.2. The molecule has 0 spiro atoms. The van der Waals surface area contributed by atoms with Crippen LogP contribution in [0.5, 0.6) is 40.2 Å². The van der Waals surface area contributed by atoms with Gasteiger partial charge in [0.1, 0.15) is 40.2 Å². The second kappa shape index (κ2) is 15.4. The monoisotopic (exact) mass is 696 g/mol. The van der Waals surface area contributed by atoms with Crippen LogP contribution in [0.1, 0.15) is 70.0 Å². The number of phenols is 4. The van der Waals surface area contributed by atoms with E-state index in [1.807, 2.05) is 48.5 Å². The van der Waals surface area contributed by atoms with Crippen molar-refractivity contribution in [3.8, 4) is 40.2 Å². The maximum Gasteiger partial charge on any atom is 0.126 e. The van der Waals surface area contributed by atoms with Crippen molar-refractivity contribution in [2.45, 2.75) is 38.0 Å². The average Bonchev–Trinajstić information content (AvgIpc) is 3.15. The minimum Gasteiger partial charge on any atom is -0.508 e. The first-order chi connectivity index (χ1) is 24.8. The first-order valence-corrected chi connectivity index (χ1v) is 17.0. The van der Waals surface area contributed by atoms with Crippen LogP contribution in [0, 0.1) is 6.92 Å². The zero-order chi connectivity index (χ0) is 35.5. The molecule has 0 radical (unpaired) electrons. The molecule has 8 rings (SSSR count). The van der Waals surface area contributed by atoms with Crippen LogP contribution < -0.4 is 14.2 Å². The third-order valence-electron chi connectivity index (χ3n) is 9.86. The van der Waals surface area contributed by atoms with Crippen molar-refractivity contribution >= 4 is 0 Å². The van der Waals surface area contributed by atoms with Gasteiger partial charge in [0.05, 0.1) is 20.3 Å². The van der Waals surface area contributed by atoms with Crippen molar-refractivity contribution in [3.05, 3.63) is 172 Å². The van der Waals surface area contributed by atoms with Gasteiger partial charge in [-0.1, -0.05) is 85.8 Å². The number of methoxy groups -OCH3 is 1. The number of hydrogen-bond acceptors (Lipinski definition) is 7. The van der Waals surface area contributed by atoms with E-state index in [1.54, 1.807) is 55.6 Å². The highest BCUT2D eigenvalue weighted by Gasteiger charge is 2.35. The van der Waals surface area contributed by atoms with Gasteiger partial charge < -0.3 is 34.6 Å². The van der Waals surface area contributed by atoms with E-state index in [9.17, 15) is 20.4 Å². The van der Waals surface area contributed by atoms with E-state index in [-0.39, 0.29) is 54.1 Å². The van der Waals surface area contributed by atoms with Crippen molar-refractivity contribution in [2.75, 3.05) is 20.3 Å². The van der Waals surface area contributed by atoms with Gasteiger partial charge in [-0.25, -0.2) is 0 Å². The Bertz CT molecular complexity index is 2090. The van der Waals surface area contributed by atoms with Crippen LogP contribution >= 0.6 is 0 Å². The fourth-order valence-electron chi connectivity index (χ4n) is 7.22. The van der Waals surface area contributed by atoms with Gasteiger partial charge >= 0.3 is 0 Å². The molecule has 266 valence electrons. The first kappa shape index (κ1) is 35.7. The Kier molecular flexibility index (Phi) is 10.6. The molecular weight excluding hydrogens is 652 g/mol. The van der Waals surface area contributed by atoms with E-state index in [1.165, 1.54) is 11.1 Å². The summed E-state index contributed by atoms with van der Waals surface area (Å²) in [4.78, 5) is 0. The number of phenolic OH excluding ortho intramolecular Hbond substituents is 4. The highest BCUT2D eigenvalue weighted by molar-refractivity contribution is 5.52. The van der Waals surface area contributed by atoms with E-state index >= 15 is 0 Å². The van der Waals surface area contributed by atoms with Crippen molar-refractivity contribution in [1.29, 1.82) is 0 Å². The molecule has 52 heavy (non-hydrogen) atoms. The summed E-state index contributed by atoms with van der Waals surface area (Å²) >= 11 is 0. The zero-order valence-electron chi connectivity index (χ0n) is 28.4. The van der Waals surface area contributed by atoms with Crippen LogP contribution in [-0.4, -0.2) is 40.7 Å². The highest BCUT2D eigenvalue weighted by atomic mass is 16.5. The first-order valence-electron chi connectivity index (χ1n) is 17.0. The molecule has 4 atom stereocenters. The molecule has 0 bridgehead atoms. The summed E-state index contributed by atoms with van der Waals surface area (Å²) in [7, 11) is 1.65. The quantitative estimate of drug-likeness (QED) is 0.142. The van der Waals surface area contributed by atoms with Gasteiger partial charge in [0.2, 0.25) is 0 Å². The smallest absolute Gasteiger partial charge is 0.126 e. The topological polar surface area (TPSA) is 109 Å². The molecule has 4 N–H and O–H groups in total. The summed E-state index contributed by atoms with van der Waals surface area (Å²) in [6.45, 7) is 3.12. The summed E-state index contributed by atoms with van der Waals surface area (Å²) in [5, 5.41) is 38.8. The average molecular weight is 697 g/mol. The largest absolute Gasteiger partial charge is 0.508 e. The number of ether oxygens (including phenoxy) is 3. The molecule has 0 saturated heterocycles. The van der Waals surface area contributed by atoms with E-state index < -0.39 is 0 Å². The summed E-state index contributed by atoms with van der Waals surface area (Å²) in [5.41, 5.74) is 7.92. The molecule has 0 aromatic heterocycles. The van der Waals surface area contributed by atoms with Gasteiger partial charge in [-0.3, -0.25) is 0 Å². The molecule has 6 aromatic carbocycles. The molecule has 0 saturated carbocycles. The lowest BCUT2D eigenvalue weighted by molar-refractivity contribution is 0.247. The van der Waals surface area contributed by atoms with Crippen LogP contribution in [0.2, 0.25) is 0 Å². The molecular formula is C45H44O7. The van der Waals surface area contributed by atoms with Crippen molar-refractivity contribution in [3.63, 3.8) is 0 Å².